The summed E-state index contributed by atoms with van der Waals surface area (Å²) in [7, 11) is 1.51. The van der Waals surface area contributed by atoms with E-state index in [1.54, 1.807) is 12.1 Å². The van der Waals surface area contributed by atoms with Gasteiger partial charge in [-0.25, -0.2) is 0 Å². The second-order valence-electron chi connectivity index (χ2n) is 6.49. The Morgan fingerprint density at radius 2 is 2.12 bits per heavy atom. The quantitative estimate of drug-likeness (QED) is 0.623. The van der Waals surface area contributed by atoms with E-state index >= 15 is 0 Å². The van der Waals surface area contributed by atoms with Crippen molar-refractivity contribution in [2.24, 2.45) is 0 Å². The fourth-order valence-electron chi connectivity index (χ4n) is 3.18. The number of rotatable bonds is 6. The molecule has 136 valence electrons. The second kappa shape index (κ2) is 7.60. The summed E-state index contributed by atoms with van der Waals surface area (Å²) in [6.07, 6.45) is 0.0107. The number of aliphatic carboxylic acids is 1. The van der Waals surface area contributed by atoms with Crippen LogP contribution in [0.5, 0.6) is 0 Å². The molecule has 1 amide bonds. The van der Waals surface area contributed by atoms with E-state index in [4.69, 9.17) is 9.84 Å². The Balaban J connectivity index is 2.33. The number of methoxy groups -OCH3 is 1. The summed E-state index contributed by atoms with van der Waals surface area (Å²) >= 11 is 0. The molecule has 1 aliphatic heterocycles. The SMILES string of the molecule is COC1CC(CC(=O)O)N(C(=O)c2ccc(C(C)C)c([N+](=O)[O-])c2)C1. The van der Waals surface area contributed by atoms with Gasteiger partial charge in [-0.3, -0.25) is 19.7 Å². The number of carboxylic acids is 1. The maximum absolute atomic E-state index is 12.8. The molecule has 8 nitrogen and oxygen atoms in total. The molecule has 2 atom stereocenters. The largest absolute Gasteiger partial charge is 0.481 e. The van der Waals surface area contributed by atoms with E-state index in [0.717, 1.165) is 0 Å². The van der Waals surface area contributed by atoms with Crippen LogP contribution in [0.1, 0.15) is 48.5 Å². The van der Waals surface area contributed by atoms with Crippen molar-refractivity contribution < 1.29 is 24.4 Å². The first-order valence-corrected chi connectivity index (χ1v) is 8.08. The third kappa shape index (κ3) is 4.14. The summed E-state index contributed by atoms with van der Waals surface area (Å²) in [6.45, 7) is 3.96. The topological polar surface area (TPSA) is 110 Å². The number of ether oxygens (including phenoxy) is 1. The van der Waals surface area contributed by atoms with E-state index in [-0.39, 0.29) is 36.2 Å². The van der Waals surface area contributed by atoms with Gasteiger partial charge in [0.1, 0.15) is 0 Å². The van der Waals surface area contributed by atoms with Gasteiger partial charge in [0.2, 0.25) is 0 Å². The van der Waals surface area contributed by atoms with E-state index in [9.17, 15) is 19.7 Å². The summed E-state index contributed by atoms with van der Waals surface area (Å²) in [5.74, 6) is -1.46. The van der Waals surface area contributed by atoms with Crippen molar-refractivity contribution in [3.63, 3.8) is 0 Å². The Morgan fingerprint density at radius 1 is 1.44 bits per heavy atom. The van der Waals surface area contributed by atoms with Crippen LogP contribution in [0.3, 0.4) is 0 Å². The highest BCUT2D eigenvalue weighted by atomic mass is 16.6. The molecule has 0 spiro atoms. The number of nitro benzene ring substituents is 1. The van der Waals surface area contributed by atoms with Crippen LogP contribution < -0.4 is 0 Å². The van der Waals surface area contributed by atoms with E-state index in [2.05, 4.69) is 0 Å². The molecule has 1 aliphatic rings. The lowest BCUT2D eigenvalue weighted by Gasteiger charge is -2.23. The minimum atomic E-state index is -0.999. The molecule has 25 heavy (non-hydrogen) atoms. The number of hydrogen-bond acceptors (Lipinski definition) is 5. The number of nitro groups is 1. The molecule has 0 radical (unpaired) electrons. The van der Waals surface area contributed by atoms with Crippen molar-refractivity contribution in [1.29, 1.82) is 0 Å². The monoisotopic (exact) mass is 350 g/mol. The van der Waals surface area contributed by atoms with Crippen LogP contribution in [0, 0.1) is 10.1 Å². The van der Waals surface area contributed by atoms with Gasteiger partial charge < -0.3 is 14.7 Å². The molecule has 1 saturated heterocycles. The highest BCUT2D eigenvalue weighted by Crippen LogP contribution is 2.30. The van der Waals surface area contributed by atoms with Gasteiger partial charge >= 0.3 is 5.97 Å². The van der Waals surface area contributed by atoms with Gasteiger partial charge in [0.25, 0.3) is 11.6 Å². The zero-order chi connectivity index (χ0) is 18.7. The van der Waals surface area contributed by atoms with E-state index in [1.165, 1.54) is 18.1 Å². The molecule has 1 heterocycles. The van der Waals surface area contributed by atoms with Crippen LogP contribution >= 0.6 is 0 Å². The molecule has 8 heteroatoms. The fraction of sp³-hybridized carbons (Fsp3) is 0.529. The second-order valence-corrected chi connectivity index (χ2v) is 6.49. The zero-order valence-electron chi connectivity index (χ0n) is 14.5. The number of carboxylic acid groups (broad SMARTS) is 1. The summed E-state index contributed by atoms with van der Waals surface area (Å²) in [5.41, 5.74) is 0.640. The summed E-state index contributed by atoms with van der Waals surface area (Å²) < 4.78 is 5.26. The lowest BCUT2D eigenvalue weighted by atomic mass is 9.99. The minimum absolute atomic E-state index is 0.0473. The molecule has 0 aromatic heterocycles. The van der Waals surface area contributed by atoms with Gasteiger partial charge in [-0.15, -0.1) is 0 Å². The van der Waals surface area contributed by atoms with E-state index in [1.807, 2.05) is 13.8 Å². The van der Waals surface area contributed by atoms with E-state index in [0.29, 0.717) is 12.0 Å². The molecule has 2 rings (SSSR count). The maximum atomic E-state index is 12.8. The number of benzene rings is 1. The number of amides is 1. The van der Waals surface area contributed by atoms with Crippen molar-refractivity contribution in [3.8, 4) is 0 Å². The van der Waals surface area contributed by atoms with Crippen molar-refractivity contribution in [2.45, 2.75) is 44.8 Å². The number of likely N-dealkylation sites (tertiary alicyclic amines) is 1. The van der Waals surface area contributed by atoms with Crippen molar-refractivity contribution in [3.05, 3.63) is 39.4 Å². The molecule has 0 saturated carbocycles. The summed E-state index contributed by atoms with van der Waals surface area (Å²) in [5, 5.41) is 20.4. The Kier molecular flexibility index (Phi) is 5.73. The molecule has 0 aliphatic carbocycles. The van der Waals surface area contributed by atoms with Gasteiger partial charge in [-0.05, 0) is 18.4 Å². The predicted octanol–water partition coefficient (Wildman–Crippen LogP) is 2.42. The smallest absolute Gasteiger partial charge is 0.305 e. The minimum Gasteiger partial charge on any atom is -0.481 e. The Bertz CT molecular complexity index is 688. The highest BCUT2D eigenvalue weighted by molar-refractivity contribution is 5.95. The van der Waals surface area contributed by atoms with Gasteiger partial charge in [0.15, 0.2) is 0 Å². The zero-order valence-corrected chi connectivity index (χ0v) is 14.5. The summed E-state index contributed by atoms with van der Waals surface area (Å²) in [6, 6.07) is 3.93. The number of carbonyl (C=O) groups excluding carboxylic acids is 1. The number of hydrogen-bond donors (Lipinski definition) is 1. The fourth-order valence-corrected chi connectivity index (χ4v) is 3.18. The van der Waals surface area contributed by atoms with E-state index < -0.39 is 22.8 Å². The lowest BCUT2D eigenvalue weighted by molar-refractivity contribution is -0.385. The van der Waals surface area contributed by atoms with Crippen LogP contribution in [0.25, 0.3) is 0 Å². The van der Waals surface area contributed by atoms with Crippen LogP contribution in [0.4, 0.5) is 5.69 Å². The molecular formula is C17H22N2O6. The first-order chi connectivity index (χ1) is 11.7. The lowest BCUT2D eigenvalue weighted by Crippen LogP contribution is -2.37. The van der Waals surface area contributed by atoms with Gasteiger partial charge in [0.05, 0.1) is 17.4 Å². The number of carbonyl (C=O) groups is 2. The molecule has 0 bridgehead atoms. The van der Waals surface area contributed by atoms with Crippen LogP contribution in [-0.4, -0.2) is 52.6 Å². The molecule has 1 aromatic carbocycles. The average molecular weight is 350 g/mol. The van der Waals surface area contributed by atoms with Crippen molar-refractivity contribution >= 4 is 17.6 Å². The molecule has 1 fully saturated rings. The Labute approximate surface area is 145 Å². The first-order valence-electron chi connectivity index (χ1n) is 8.08. The Hall–Kier alpha value is -2.48. The van der Waals surface area contributed by atoms with Gasteiger partial charge in [-0.1, -0.05) is 19.9 Å². The number of nitrogens with zero attached hydrogens (tertiary/aromatic N) is 2. The van der Waals surface area contributed by atoms with Gasteiger partial charge in [-0.2, -0.15) is 0 Å². The molecule has 1 N–H and O–H groups in total. The molecular weight excluding hydrogens is 328 g/mol. The standard InChI is InChI=1S/C17H22N2O6/c1-10(2)14-5-4-11(6-15(14)19(23)24)17(22)18-9-13(25-3)7-12(18)8-16(20)21/h4-6,10,12-13H,7-9H2,1-3H3,(H,20,21). The highest BCUT2D eigenvalue weighted by Gasteiger charge is 2.37. The normalized spacial score (nSPS) is 20.1. The summed E-state index contributed by atoms with van der Waals surface area (Å²) in [4.78, 5) is 36.1. The first kappa shape index (κ1) is 18.9. The third-order valence-electron chi connectivity index (χ3n) is 4.48. The Morgan fingerprint density at radius 3 is 2.64 bits per heavy atom. The molecule has 2 unspecified atom stereocenters. The average Bonchev–Trinajstić information content (AvgIpc) is 2.95. The third-order valence-corrected chi connectivity index (χ3v) is 4.48. The van der Waals surface area contributed by atoms with Crippen LogP contribution in [-0.2, 0) is 9.53 Å². The van der Waals surface area contributed by atoms with Crippen molar-refractivity contribution in [1.82, 2.24) is 4.90 Å². The van der Waals surface area contributed by atoms with Crippen LogP contribution in [0.15, 0.2) is 18.2 Å². The molecule has 1 aromatic rings. The van der Waals surface area contributed by atoms with Crippen molar-refractivity contribution in [2.75, 3.05) is 13.7 Å². The van der Waals surface area contributed by atoms with Crippen LogP contribution in [0.2, 0.25) is 0 Å². The predicted molar refractivity (Wildman–Crippen MR) is 89.7 cm³/mol. The maximum Gasteiger partial charge on any atom is 0.305 e. The van der Waals surface area contributed by atoms with Gasteiger partial charge in [0, 0.05) is 36.9 Å².